The van der Waals surface area contributed by atoms with E-state index >= 15 is 0 Å². The van der Waals surface area contributed by atoms with Crippen molar-refractivity contribution in [3.05, 3.63) is 24.1 Å². The lowest BCUT2D eigenvalue weighted by atomic mass is 10.1. The number of aryl methyl sites for hydroxylation is 1. The van der Waals surface area contributed by atoms with Gasteiger partial charge in [0.15, 0.2) is 0 Å². The van der Waals surface area contributed by atoms with E-state index in [1.807, 2.05) is 6.92 Å². The average Bonchev–Trinajstić information content (AvgIpc) is 3.00. The quantitative estimate of drug-likeness (QED) is 0.842. The molecule has 24 heavy (non-hydrogen) atoms. The minimum absolute atomic E-state index is 0.00159. The number of piperidine rings is 1. The number of methoxy groups -OCH3 is 1. The molecule has 2 aromatic rings. The number of rotatable bonds is 4. The molecule has 3 rings (SSSR count). The fraction of sp³-hybridized carbons (Fsp3) is 0.500. The molecule has 1 aromatic carbocycles. The highest BCUT2D eigenvalue weighted by Crippen LogP contribution is 2.33. The molecule has 1 aliphatic heterocycles. The van der Waals surface area contributed by atoms with E-state index in [0.717, 1.165) is 19.3 Å². The lowest BCUT2D eigenvalue weighted by Crippen LogP contribution is -2.41. The van der Waals surface area contributed by atoms with Crippen LogP contribution in [0.5, 0.6) is 5.75 Å². The number of benzene rings is 1. The Morgan fingerprint density at radius 1 is 1.33 bits per heavy atom. The minimum atomic E-state index is -3.57. The monoisotopic (exact) mass is 351 g/mol. The van der Waals surface area contributed by atoms with Crippen molar-refractivity contribution in [3.63, 3.8) is 0 Å². The molecule has 1 aliphatic rings. The number of hydrogen-bond donors (Lipinski definition) is 0. The van der Waals surface area contributed by atoms with E-state index in [0.29, 0.717) is 29.6 Å². The maximum absolute atomic E-state index is 13.0. The summed E-state index contributed by atoms with van der Waals surface area (Å²) >= 11 is 0. The largest absolute Gasteiger partial charge is 0.496 e. The van der Waals surface area contributed by atoms with Crippen LogP contribution in [0.25, 0.3) is 11.4 Å². The standard InChI is InChI=1S/C16H21N3O4S/c1-11-6-4-5-9-19(11)24(20,21)13-7-8-15(22-3)14(10-13)16-17-12(2)23-18-16/h7-8,10-11H,4-6,9H2,1-3H3/t11-/m1/s1. The molecule has 1 aromatic heterocycles. The van der Waals surface area contributed by atoms with E-state index in [4.69, 9.17) is 9.26 Å². The SMILES string of the molecule is COc1ccc(S(=O)(=O)N2CCCC[C@H]2C)cc1-c1noc(C)n1. The van der Waals surface area contributed by atoms with Crippen molar-refractivity contribution >= 4 is 10.0 Å². The van der Waals surface area contributed by atoms with Crippen molar-refractivity contribution < 1.29 is 17.7 Å². The normalized spacial score (nSPS) is 19.4. The third-order valence-corrected chi connectivity index (χ3v) is 6.30. The number of ether oxygens (including phenoxy) is 1. The summed E-state index contributed by atoms with van der Waals surface area (Å²) < 4.78 is 37.9. The second-order valence-electron chi connectivity index (χ2n) is 5.96. The van der Waals surface area contributed by atoms with Crippen molar-refractivity contribution in [1.29, 1.82) is 0 Å². The van der Waals surface area contributed by atoms with E-state index in [1.54, 1.807) is 29.4 Å². The highest BCUT2D eigenvalue weighted by atomic mass is 32.2. The van der Waals surface area contributed by atoms with E-state index in [-0.39, 0.29) is 10.9 Å². The summed E-state index contributed by atoms with van der Waals surface area (Å²) in [7, 11) is -2.05. The first kappa shape index (κ1) is 16.9. The summed E-state index contributed by atoms with van der Waals surface area (Å²) in [6.45, 7) is 4.18. The third kappa shape index (κ3) is 3.03. The van der Waals surface area contributed by atoms with Crippen LogP contribution in [0.2, 0.25) is 0 Å². The molecule has 1 saturated heterocycles. The summed E-state index contributed by atoms with van der Waals surface area (Å²) in [6.07, 6.45) is 2.83. The number of aromatic nitrogens is 2. The summed E-state index contributed by atoms with van der Waals surface area (Å²) in [6, 6.07) is 4.75. The van der Waals surface area contributed by atoms with Crippen LogP contribution < -0.4 is 4.74 Å². The molecule has 0 N–H and O–H groups in total. The van der Waals surface area contributed by atoms with Crippen molar-refractivity contribution in [2.45, 2.75) is 44.0 Å². The zero-order chi connectivity index (χ0) is 17.3. The van der Waals surface area contributed by atoms with Crippen molar-refractivity contribution in [1.82, 2.24) is 14.4 Å². The van der Waals surface area contributed by atoms with Crippen LogP contribution in [-0.2, 0) is 10.0 Å². The second kappa shape index (κ2) is 6.52. The van der Waals surface area contributed by atoms with Crippen molar-refractivity contribution in [2.24, 2.45) is 0 Å². The smallest absolute Gasteiger partial charge is 0.243 e. The van der Waals surface area contributed by atoms with Crippen LogP contribution in [0, 0.1) is 6.92 Å². The molecule has 1 atom stereocenters. The number of nitrogens with zero attached hydrogens (tertiary/aromatic N) is 3. The first-order valence-electron chi connectivity index (χ1n) is 7.94. The Balaban J connectivity index is 2.05. The molecule has 1 fully saturated rings. The van der Waals surface area contributed by atoms with E-state index in [1.165, 1.54) is 7.11 Å². The van der Waals surface area contributed by atoms with Crippen LogP contribution in [0.4, 0.5) is 0 Å². The van der Waals surface area contributed by atoms with Crippen LogP contribution in [-0.4, -0.2) is 42.6 Å². The lowest BCUT2D eigenvalue weighted by Gasteiger charge is -2.32. The molecule has 0 amide bonds. The molecule has 0 aliphatic carbocycles. The molecule has 2 heterocycles. The third-order valence-electron chi connectivity index (χ3n) is 4.29. The first-order valence-corrected chi connectivity index (χ1v) is 9.38. The molecule has 0 saturated carbocycles. The predicted molar refractivity (Wildman–Crippen MR) is 88.2 cm³/mol. The van der Waals surface area contributed by atoms with Gasteiger partial charge in [0.2, 0.25) is 21.7 Å². The van der Waals surface area contributed by atoms with Crippen LogP contribution >= 0.6 is 0 Å². The van der Waals surface area contributed by atoms with Crippen molar-refractivity contribution in [2.75, 3.05) is 13.7 Å². The molecular weight excluding hydrogens is 330 g/mol. The molecular formula is C16H21N3O4S. The van der Waals surface area contributed by atoms with Gasteiger partial charge in [0.25, 0.3) is 0 Å². The Morgan fingerprint density at radius 3 is 2.75 bits per heavy atom. The molecule has 0 spiro atoms. The fourth-order valence-corrected chi connectivity index (χ4v) is 4.72. The van der Waals surface area contributed by atoms with Gasteiger partial charge >= 0.3 is 0 Å². The van der Waals surface area contributed by atoms with Gasteiger partial charge in [-0.3, -0.25) is 0 Å². The van der Waals surface area contributed by atoms with Crippen LogP contribution in [0.1, 0.15) is 32.1 Å². The minimum Gasteiger partial charge on any atom is -0.496 e. The van der Waals surface area contributed by atoms with Crippen molar-refractivity contribution in [3.8, 4) is 17.1 Å². The zero-order valence-corrected chi connectivity index (χ0v) is 14.8. The maximum Gasteiger partial charge on any atom is 0.243 e. The highest BCUT2D eigenvalue weighted by molar-refractivity contribution is 7.89. The Bertz CT molecular complexity index is 832. The van der Waals surface area contributed by atoms with Gasteiger partial charge < -0.3 is 9.26 Å². The van der Waals surface area contributed by atoms with Gasteiger partial charge in [-0.2, -0.15) is 9.29 Å². The summed E-state index contributed by atoms with van der Waals surface area (Å²) in [5.41, 5.74) is 0.500. The second-order valence-corrected chi connectivity index (χ2v) is 7.85. The number of sulfonamides is 1. The zero-order valence-electron chi connectivity index (χ0n) is 14.0. The fourth-order valence-electron chi connectivity index (χ4n) is 3.00. The molecule has 0 unspecified atom stereocenters. The topological polar surface area (TPSA) is 85.5 Å². The summed E-state index contributed by atoms with van der Waals surface area (Å²) in [5, 5.41) is 3.87. The Labute approximate surface area is 141 Å². The molecule has 8 heteroatoms. The number of hydrogen-bond acceptors (Lipinski definition) is 6. The Morgan fingerprint density at radius 2 is 2.12 bits per heavy atom. The van der Waals surface area contributed by atoms with Gasteiger partial charge in [-0.05, 0) is 38.0 Å². The summed E-state index contributed by atoms with van der Waals surface area (Å²) in [4.78, 5) is 4.39. The lowest BCUT2D eigenvalue weighted by molar-refractivity contribution is 0.268. The van der Waals surface area contributed by atoms with E-state index in [2.05, 4.69) is 10.1 Å². The first-order chi connectivity index (χ1) is 11.4. The Hall–Kier alpha value is -1.93. The van der Waals surface area contributed by atoms with E-state index < -0.39 is 10.0 Å². The molecule has 0 bridgehead atoms. The highest BCUT2D eigenvalue weighted by Gasteiger charge is 2.31. The van der Waals surface area contributed by atoms with Gasteiger partial charge in [0, 0.05) is 19.5 Å². The Kier molecular flexibility index (Phi) is 4.60. The maximum atomic E-state index is 13.0. The summed E-state index contributed by atoms with van der Waals surface area (Å²) in [5.74, 6) is 1.22. The van der Waals surface area contributed by atoms with Crippen LogP contribution in [0.3, 0.4) is 0 Å². The van der Waals surface area contributed by atoms with E-state index in [9.17, 15) is 8.42 Å². The van der Waals surface area contributed by atoms with Gasteiger partial charge in [-0.1, -0.05) is 11.6 Å². The van der Waals surface area contributed by atoms with Gasteiger partial charge in [0.05, 0.1) is 17.6 Å². The van der Waals surface area contributed by atoms with Gasteiger partial charge in [0.1, 0.15) is 5.75 Å². The molecule has 0 radical (unpaired) electrons. The van der Waals surface area contributed by atoms with Gasteiger partial charge in [-0.25, -0.2) is 8.42 Å². The molecule has 130 valence electrons. The predicted octanol–water partition coefficient (Wildman–Crippen LogP) is 2.62. The van der Waals surface area contributed by atoms with Crippen LogP contribution in [0.15, 0.2) is 27.6 Å². The average molecular weight is 351 g/mol. The van der Waals surface area contributed by atoms with Gasteiger partial charge in [-0.15, -0.1) is 0 Å². The molecule has 7 nitrogen and oxygen atoms in total.